The minimum absolute atomic E-state index is 0.153. The number of amides is 3. The first-order valence-corrected chi connectivity index (χ1v) is 9.72. The Morgan fingerprint density at radius 1 is 1.07 bits per heavy atom. The second-order valence-electron chi connectivity index (χ2n) is 5.20. The molecule has 3 amide bonds. The van der Waals surface area contributed by atoms with Gasteiger partial charge in [-0.15, -0.1) is 22.7 Å². The van der Waals surface area contributed by atoms with E-state index in [2.05, 4.69) is 20.4 Å². The smallest absolute Gasteiger partial charge is 0.414 e. The molecule has 0 fully saturated rings. The van der Waals surface area contributed by atoms with Gasteiger partial charge in [-0.05, 0) is 18.4 Å². The normalized spacial score (nSPS) is 10.3. The fourth-order valence-corrected chi connectivity index (χ4v) is 3.69. The molecule has 2 heterocycles. The summed E-state index contributed by atoms with van der Waals surface area (Å²) in [4.78, 5) is 40.4. The predicted octanol–water partition coefficient (Wildman–Crippen LogP) is 4.01. The molecule has 0 unspecified atom stereocenters. The first-order chi connectivity index (χ1) is 13.1. The predicted molar refractivity (Wildman–Crippen MR) is 104 cm³/mol. The van der Waals surface area contributed by atoms with Gasteiger partial charge in [-0.1, -0.05) is 30.3 Å². The van der Waals surface area contributed by atoms with E-state index in [4.69, 9.17) is 0 Å². The van der Waals surface area contributed by atoms with Gasteiger partial charge in [-0.25, -0.2) is 9.78 Å². The summed E-state index contributed by atoms with van der Waals surface area (Å²) in [6, 6.07) is 11.0. The number of ether oxygens (including phenoxy) is 1. The van der Waals surface area contributed by atoms with Crippen LogP contribution in [0.2, 0.25) is 0 Å². The third-order valence-corrected chi connectivity index (χ3v) is 5.07. The molecule has 0 atom stereocenters. The maximum Gasteiger partial charge on any atom is 0.414 e. The van der Waals surface area contributed by atoms with E-state index in [1.54, 1.807) is 17.7 Å². The molecular formula is C18H15N3O4S2. The molecule has 9 heteroatoms. The van der Waals surface area contributed by atoms with Crippen LogP contribution in [0.3, 0.4) is 0 Å². The number of carbonyl (C=O) groups excluding carboxylic acids is 3. The molecule has 1 aromatic carbocycles. The molecule has 0 aliphatic carbocycles. The van der Waals surface area contributed by atoms with Crippen LogP contribution < -0.4 is 10.6 Å². The molecule has 2 aromatic heterocycles. The third-order valence-electron chi connectivity index (χ3n) is 3.40. The Hall–Kier alpha value is -3.04. The summed E-state index contributed by atoms with van der Waals surface area (Å²) in [6.07, 6.45) is -0.835. The van der Waals surface area contributed by atoms with E-state index < -0.39 is 17.9 Å². The van der Waals surface area contributed by atoms with Gasteiger partial charge in [0.25, 0.3) is 11.8 Å². The van der Waals surface area contributed by atoms with Crippen LogP contribution in [-0.2, 0) is 4.74 Å². The Bertz CT molecular complexity index is 966. The number of thiophene rings is 1. The van der Waals surface area contributed by atoms with Gasteiger partial charge in [-0.2, -0.15) is 0 Å². The van der Waals surface area contributed by atoms with E-state index in [0.717, 1.165) is 5.56 Å². The number of nitrogens with zero attached hydrogens (tertiary/aromatic N) is 1. The zero-order chi connectivity index (χ0) is 19.2. The second-order valence-corrected chi connectivity index (χ2v) is 6.97. The van der Waals surface area contributed by atoms with E-state index in [-0.39, 0.29) is 17.2 Å². The SMILES string of the molecule is CCOC(=O)NC(=O)c1ccsc1NC(=O)c1nc(-c2ccccc2)cs1. The molecular weight excluding hydrogens is 386 g/mol. The first-order valence-electron chi connectivity index (χ1n) is 7.96. The van der Waals surface area contributed by atoms with Gasteiger partial charge < -0.3 is 10.1 Å². The molecule has 3 rings (SSSR count). The van der Waals surface area contributed by atoms with Crippen LogP contribution in [0.25, 0.3) is 11.3 Å². The molecule has 138 valence electrons. The molecule has 0 spiro atoms. The molecule has 2 N–H and O–H groups in total. The molecule has 0 saturated heterocycles. The van der Waals surface area contributed by atoms with E-state index in [1.807, 2.05) is 30.3 Å². The Morgan fingerprint density at radius 3 is 2.59 bits per heavy atom. The lowest BCUT2D eigenvalue weighted by Crippen LogP contribution is -2.31. The van der Waals surface area contributed by atoms with Crippen molar-refractivity contribution in [3.8, 4) is 11.3 Å². The highest BCUT2D eigenvalue weighted by Gasteiger charge is 2.19. The van der Waals surface area contributed by atoms with Gasteiger partial charge in [0.2, 0.25) is 0 Å². The van der Waals surface area contributed by atoms with Crippen molar-refractivity contribution in [3.63, 3.8) is 0 Å². The summed E-state index contributed by atoms with van der Waals surface area (Å²) >= 11 is 2.39. The number of imide groups is 1. The van der Waals surface area contributed by atoms with Crippen molar-refractivity contribution in [2.75, 3.05) is 11.9 Å². The summed E-state index contributed by atoms with van der Waals surface area (Å²) in [5.41, 5.74) is 1.80. The highest BCUT2D eigenvalue weighted by atomic mass is 32.1. The average Bonchev–Trinajstić information content (AvgIpc) is 3.32. The lowest BCUT2D eigenvalue weighted by atomic mass is 10.2. The van der Waals surface area contributed by atoms with E-state index in [0.29, 0.717) is 10.7 Å². The van der Waals surface area contributed by atoms with Crippen LogP contribution in [0.4, 0.5) is 9.80 Å². The van der Waals surface area contributed by atoms with E-state index >= 15 is 0 Å². The minimum atomic E-state index is -0.835. The number of rotatable bonds is 5. The van der Waals surface area contributed by atoms with Gasteiger partial charge in [0.05, 0.1) is 17.9 Å². The standard InChI is InChI=1S/C18H15N3O4S2/c1-2-25-18(24)21-14(22)12-8-9-26-16(12)20-15(23)17-19-13(10-27-17)11-6-4-3-5-7-11/h3-10H,2H2,1H3,(H,20,23)(H,21,22,24). The quantitative estimate of drug-likeness (QED) is 0.673. The number of carbonyl (C=O) groups is 3. The maximum atomic E-state index is 12.5. The lowest BCUT2D eigenvalue weighted by molar-refractivity contribution is 0.0926. The van der Waals surface area contributed by atoms with Crippen molar-refractivity contribution in [1.29, 1.82) is 0 Å². The van der Waals surface area contributed by atoms with Gasteiger partial charge >= 0.3 is 6.09 Å². The van der Waals surface area contributed by atoms with Gasteiger partial charge in [0.1, 0.15) is 5.00 Å². The number of thiazole rings is 1. The van der Waals surface area contributed by atoms with Crippen molar-refractivity contribution in [2.45, 2.75) is 6.92 Å². The molecule has 0 aliphatic heterocycles. The lowest BCUT2D eigenvalue weighted by Gasteiger charge is -2.06. The van der Waals surface area contributed by atoms with Crippen molar-refractivity contribution in [3.05, 3.63) is 57.7 Å². The molecule has 0 radical (unpaired) electrons. The van der Waals surface area contributed by atoms with Gasteiger partial charge in [-0.3, -0.25) is 14.9 Å². The van der Waals surface area contributed by atoms with E-state index in [1.165, 1.54) is 28.7 Å². The van der Waals surface area contributed by atoms with Gasteiger partial charge in [0, 0.05) is 10.9 Å². The molecule has 0 aliphatic rings. The fraction of sp³-hybridized carbons (Fsp3) is 0.111. The molecule has 0 saturated carbocycles. The topological polar surface area (TPSA) is 97.4 Å². The number of anilines is 1. The Kier molecular flexibility index (Phi) is 5.94. The van der Waals surface area contributed by atoms with Crippen LogP contribution in [0.1, 0.15) is 27.1 Å². The van der Waals surface area contributed by atoms with Crippen LogP contribution in [0, 0.1) is 0 Å². The number of aromatic nitrogens is 1. The summed E-state index contributed by atoms with van der Waals surface area (Å²) in [6.45, 7) is 1.79. The number of hydrogen-bond acceptors (Lipinski definition) is 7. The molecule has 3 aromatic rings. The van der Waals surface area contributed by atoms with Crippen LogP contribution >= 0.6 is 22.7 Å². The second kappa shape index (κ2) is 8.56. The average molecular weight is 401 g/mol. The number of benzene rings is 1. The van der Waals surface area contributed by atoms with E-state index in [9.17, 15) is 14.4 Å². The van der Waals surface area contributed by atoms with Crippen LogP contribution in [0.5, 0.6) is 0 Å². The number of nitrogens with one attached hydrogen (secondary N) is 2. The zero-order valence-electron chi connectivity index (χ0n) is 14.2. The Balaban J connectivity index is 1.71. The first kappa shape index (κ1) is 18.7. The third kappa shape index (κ3) is 4.57. The van der Waals surface area contributed by atoms with Crippen molar-refractivity contribution in [1.82, 2.24) is 10.3 Å². The van der Waals surface area contributed by atoms with Crippen molar-refractivity contribution in [2.24, 2.45) is 0 Å². The zero-order valence-corrected chi connectivity index (χ0v) is 15.9. The maximum absolute atomic E-state index is 12.5. The molecule has 7 nitrogen and oxygen atoms in total. The Labute approximate surface area is 163 Å². The van der Waals surface area contributed by atoms with Crippen LogP contribution in [0.15, 0.2) is 47.2 Å². The summed E-state index contributed by atoms with van der Waals surface area (Å²) in [5.74, 6) is -1.07. The summed E-state index contributed by atoms with van der Waals surface area (Å²) < 4.78 is 4.68. The highest BCUT2D eigenvalue weighted by molar-refractivity contribution is 7.15. The van der Waals surface area contributed by atoms with Gasteiger partial charge in [0.15, 0.2) is 5.01 Å². The minimum Gasteiger partial charge on any atom is -0.450 e. The number of hydrogen-bond donors (Lipinski definition) is 2. The molecule has 0 bridgehead atoms. The van der Waals surface area contributed by atoms with Crippen molar-refractivity contribution >= 4 is 45.6 Å². The molecule has 27 heavy (non-hydrogen) atoms. The number of alkyl carbamates (subject to hydrolysis) is 1. The fourth-order valence-electron chi connectivity index (χ4n) is 2.19. The summed E-state index contributed by atoms with van der Waals surface area (Å²) in [7, 11) is 0. The highest BCUT2D eigenvalue weighted by Crippen LogP contribution is 2.26. The Morgan fingerprint density at radius 2 is 1.85 bits per heavy atom. The summed E-state index contributed by atoms with van der Waals surface area (Å²) in [5, 5.41) is 8.83. The monoisotopic (exact) mass is 401 g/mol. The van der Waals surface area contributed by atoms with Crippen LogP contribution in [-0.4, -0.2) is 29.5 Å². The largest absolute Gasteiger partial charge is 0.450 e. The van der Waals surface area contributed by atoms with Crippen molar-refractivity contribution < 1.29 is 19.1 Å².